The highest BCUT2D eigenvalue weighted by Crippen LogP contribution is 2.43. The van der Waals surface area contributed by atoms with E-state index in [1.807, 2.05) is 13.0 Å². The number of benzene rings is 2. The van der Waals surface area contributed by atoms with Crippen molar-refractivity contribution in [3.8, 4) is 11.1 Å². The van der Waals surface area contributed by atoms with Crippen molar-refractivity contribution >= 4 is 6.08 Å². The lowest BCUT2D eigenvalue weighted by molar-refractivity contribution is 0.497. The van der Waals surface area contributed by atoms with Gasteiger partial charge in [0, 0.05) is 16.7 Å². The summed E-state index contributed by atoms with van der Waals surface area (Å²) in [6.45, 7) is 7.79. The van der Waals surface area contributed by atoms with Gasteiger partial charge in [-0.3, -0.25) is 0 Å². The predicted molar refractivity (Wildman–Crippen MR) is 102 cm³/mol. The van der Waals surface area contributed by atoms with Crippen LogP contribution in [0.5, 0.6) is 0 Å². The molecule has 1 aliphatic carbocycles. The molecular formula is C23H24F4. The van der Waals surface area contributed by atoms with E-state index in [0.717, 1.165) is 12.8 Å². The first kappa shape index (κ1) is 19.7. The van der Waals surface area contributed by atoms with E-state index in [1.54, 1.807) is 12.1 Å². The second-order valence-corrected chi connectivity index (χ2v) is 7.97. The van der Waals surface area contributed by atoms with Gasteiger partial charge in [-0.25, -0.2) is 17.6 Å². The van der Waals surface area contributed by atoms with Gasteiger partial charge in [-0.15, -0.1) is 0 Å². The van der Waals surface area contributed by atoms with Gasteiger partial charge in [0.2, 0.25) is 0 Å². The van der Waals surface area contributed by atoms with E-state index in [-0.39, 0.29) is 34.6 Å². The van der Waals surface area contributed by atoms with Gasteiger partial charge in [-0.05, 0) is 54.4 Å². The lowest BCUT2D eigenvalue weighted by Gasteiger charge is -2.10. The van der Waals surface area contributed by atoms with Crippen LogP contribution < -0.4 is 0 Å². The third-order valence-electron chi connectivity index (χ3n) is 5.22. The minimum atomic E-state index is -1.11. The molecule has 2 aromatic carbocycles. The molecule has 0 nitrogen and oxygen atoms in total. The number of hydrogen-bond donors (Lipinski definition) is 0. The lowest BCUT2D eigenvalue weighted by atomic mass is 9.97. The summed E-state index contributed by atoms with van der Waals surface area (Å²) in [6.07, 6.45) is 5.77. The Morgan fingerprint density at radius 2 is 1.44 bits per heavy atom. The van der Waals surface area contributed by atoms with Crippen LogP contribution in [-0.4, -0.2) is 0 Å². The average molecular weight is 376 g/mol. The molecule has 0 saturated heterocycles. The maximum Gasteiger partial charge on any atom is 0.167 e. The number of allylic oxidation sites excluding steroid dienone is 1. The van der Waals surface area contributed by atoms with Crippen LogP contribution in [0.3, 0.4) is 0 Å². The van der Waals surface area contributed by atoms with E-state index in [4.69, 9.17) is 0 Å². The summed E-state index contributed by atoms with van der Waals surface area (Å²) in [5.41, 5.74) is 0.995. The molecule has 1 atom stereocenters. The van der Waals surface area contributed by atoms with Crippen molar-refractivity contribution in [3.63, 3.8) is 0 Å². The second-order valence-electron chi connectivity index (χ2n) is 7.97. The van der Waals surface area contributed by atoms with Crippen LogP contribution in [-0.2, 0) is 6.42 Å². The van der Waals surface area contributed by atoms with Crippen LogP contribution in [0.4, 0.5) is 17.6 Å². The Hall–Kier alpha value is -2.10. The summed E-state index contributed by atoms with van der Waals surface area (Å²) >= 11 is 0. The Labute approximate surface area is 157 Å². The number of rotatable bonds is 5. The van der Waals surface area contributed by atoms with Crippen molar-refractivity contribution in [2.45, 2.75) is 47.0 Å². The van der Waals surface area contributed by atoms with Gasteiger partial charge < -0.3 is 0 Å². The van der Waals surface area contributed by atoms with Gasteiger partial charge >= 0.3 is 0 Å². The first-order chi connectivity index (χ1) is 12.7. The average Bonchev–Trinajstić information content (AvgIpc) is 2.97. The van der Waals surface area contributed by atoms with E-state index >= 15 is 0 Å². The van der Waals surface area contributed by atoms with Crippen molar-refractivity contribution in [2.75, 3.05) is 0 Å². The Balaban J connectivity index is 1.97. The van der Waals surface area contributed by atoms with Gasteiger partial charge in [-0.2, -0.15) is 0 Å². The van der Waals surface area contributed by atoms with Crippen LogP contribution in [0, 0.1) is 42.0 Å². The smallest absolute Gasteiger partial charge is 0.167 e. The first-order valence-electron chi connectivity index (χ1n) is 9.37. The number of hydrogen-bond acceptors (Lipinski definition) is 0. The summed E-state index contributed by atoms with van der Waals surface area (Å²) in [4.78, 5) is 0. The van der Waals surface area contributed by atoms with Crippen molar-refractivity contribution in [1.82, 2.24) is 0 Å². The Bertz CT molecular complexity index is 910. The molecule has 0 heterocycles. The van der Waals surface area contributed by atoms with Crippen LogP contribution in [0.15, 0.2) is 18.2 Å². The maximum atomic E-state index is 14.7. The normalized spacial score (nSPS) is 14.1. The molecule has 0 bridgehead atoms. The topological polar surface area (TPSA) is 0 Å². The van der Waals surface area contributed by atoms with E-state index in [9.17, 15) is 17.6 Å². The van der Waals surface area contributed by atoms with Crippen LogP contribution in [0.2, 0.25) is 0 Å². The first-order valence-corrected chi connectivity index (χ1v) is 9.37. The van der Waals surface area contributed by atoms with E-state index in [2.05, 4.69) is 13.8 Å². The molecule has 0 spiro atoms. The SMILES string of the molecule is Cc1cc2c(c(F)c1F)-c1c(cc(/C=C/C(C)CCC(C)C)c(F)c1F)C2. The zero-order valence-corrected chi connectivity index (χ0v) is 16.1. The molecule has 0 saturated carbocycles. The van der Waals surface area contributed by atoms with Crippen LogP contribution in [0.25, 0.3) is 17.2 Å². The molecule has 144 valence electrons. The Morgan fingerprint density at radius 3 is 2.07 bits per heavy atom. The number of aryl methyl sites for hydroxylation is 1. The highest BCUT2D eigenvalue weighted by atomic mass is 19.2. The molecule has 2 aromatic rings. The Kier molecular flexibility index (Phi) is 5.45. The minimum absolute atomic E-state index is 0.146. The zero-order valence-electron chi connectivity index (χ0n) is 16.1. The fraction of sp³-hybridized carbons (Fsp3) is 0.391. The summed E-state index contributed by atoms with van der Waals surface area (Å²) in [6, 6.07) is 3.06. The predicted octanol–water partition coefficient (Wildman–Crippen LogP) is 7.21. The van der Waals surface area contributed by atoms with Gasteiger partial charge in [0.1, 0.15) is 0 Å². The van der Waals surface area contributed by atoms with E-state index in [1.165, 1.54) is 13.0 Å². The van der Waals surface area contributed by atoms with Crippen LogP contribution in [0.1, 0.15) is 55.9 Å². The highest BCUT2D eigenvalue weighted by Gasteiger charge is 2.30. The quantitative estimate of drug-likeness (QED) is 0.413. The summed E-state index contributed by atoms with van der Waals surface area (Å²) in [7, 11) is 0. The maximum absolute atomic E-state index is 14.7. The van der Waals surface area contributed by atoms with Crippen molar-refractivity contribution < 1.29 is 17.6 Å². The van der Waals surface area contributed by atoms with Crippen molar-refractivity contribution in [1.29, 1.82) is 0 Å². The van der Waals surface area contributed by atoms with Gasteiger partial charge in [0.25, 0.3) is 0 Å². The highest BCUT2D eigenvalue weighted by molar-refractivity contribution is 5.80. The molecule has 4 heteroatoms. The summed E-state index contributed by atoms with van der Waals surface area (Å²) < 4.78 is 57.6. The number of fused-ring (bicyclic) bond motifs is 3. The molecule has 3 rings (SSSR count). The van der Waals surface area contributed by atoms with Gasteiger partial charge in [0.15, 0.2) is 23.3 Å². The van der Waals surface area contributed by atoms with E-state index < -0.39 is 23.3 Å². The second kappa shape index (κ2) is 7.49. The number of halogens is 4. The Morgan fingerprint density at radius 1 is 0.852 bits per heavy atom. The minimum Gasteiger partial charge on any atom is -0.203 e. The van der Waals surface area contributed by atoms with E-state index in [0.29, 0.717) is 17.0 Å². The largest absolute Gasteiger partial charge is 0.203 e. The van der Waals surface area contributed by atoms with Gasteiger partial charge in [-0.1, -0.05) is 45.4 Å². The molecule has 0 aliphatic heterocycles. The molecule has 0 fully saturated rings. The third-order valence-corrected chi connectivity index (χ3v) is 5.22. The monoisotopic (exact) mass is 376 g/mol. The summed E-state index contributed by atoms with van der Waals surface area (Å²) in [5, 5.41) is 0. The van der Waals surface area contributed by atoms with Crippen molar-refractivity contribution in [2.24, 2.45) is 11.8 Å². The third kappa shape index (κ3) is 3.67. The lowest BCUT2D eigenvalue weighted by Crippen LogP contribution is -1.99. The molecule has 0 N–H and O–H groups in total. The zero-order chi connectivity index (χ0) is 19.9. The van der Waals surface area contributed by atoms with Gasteiger partial charge in [0.05, 0.1) is 0 Å². The molecule has 1 aliphatic rings. The molecule has 0 radical (unpaired) electrons. The van der Waals surface area contributed by atoms with Crippen LogP contribution >= 0.6 is 0 Å². The molecule has 27 heavy (non-hydrogen) atoms. The molecular weight excluding hydrogens is 352 g/mol. The fourth-order valence-corrected chi connectivity index (χ4v) is 3.63. The standard InChI is InChI=1S/C23H24F4/c1-12(2)5-6-13(3)7-8-15-10-17-11-16-9-14(4)20(24)22(26)18(16)19(17)23(27)21(15)25/h7-10,12-13H,5-6,11H2,1-4H3/b8-7+. The summed E-state index contributed by atoms with van der Waals surface area (Å²) in [5.74, 6) is -3.41. The van der Waals surface area contributed by atoms with Crippen molar-refractivity contribution in [3.05, 3.63) is 63.7 Å². The fourth-order valence-electron chi connectivity index (χ4n) is 3.63. The molecule has 0 aromatic heterocycles. The molecule has 0 amide bonds. The molecule has 1 unspecified atom stereocenters.